The van der Waals surface area contributed by atoms with Crippen LogP contribution >= 0.6 is 0 Å². The van der Waals surface area contributed by atoms with Gasteiger partial charge in [0.25, 0.3) is 0 Å². The van der Waals surface area contributed by atoms with E-state index < -0.39 is 5.41 Å². The van der Waals surface area contributed by atoms with Crippen LogP contribution in [0.25, 0.3) is 0 Å². The summed E-state index contributed by atoms with van der Waals surface area (Å²) < 4.78 is 10.7. The van der Waals surface area contributed by atoms with E-state index in [0.29, 0.717) is 34.7 Å². The number of hydrogen-bond donors (Lipinski definition) is 1. The quantitative estimate of drug-likeness (QED) is 0.725. The minimum Gasteiger partial charge on any atom is -0.496 e. The molecule has 29 heavy (non-hydrogen) atoms. The van der Waals surface area contributed by atoms with Crippen molar-refractivity contribution in [2.45, 2.75) is 48.0 Å². The molecular formula is C23H30N2O4. The Morgan fingerprint density at radius 3 is 2.24 bits per heavy atom. The first-order valence-corrected chi connectivity index (χ1v) is 9.63. The number of rotatable bonds is 6. The summed E-state index contributed by atoms with van der Waals surface area (Å²) in [5.41, 5.74) is 2.94. The number of nitrogens with one attached hydrogen (secondary N) is 1. The van der Waals surface area contributed by atoms with Crippen LogP contribution in [-0.4, -0.2) is 30.9 Å². The van der Waals surface area contributed by atoms with Crippen LogP contribution in [0.1, 0.15) is 60.4 Å². The standard InChI is InChI=1S/C23H30N2O4/c1-9-16-14(3)24-21(29-8)19(25-22(27)23(4,5)6)18(16)20(26)15-10-11-17(28-7)13(2)12-15/h10-12H,9H2,1-8H3,(H,25,27). The Balaban J connectivity index is 2.73. The van der Waals surface area contributed by atoms with Crippen molar-refractivity contribution in [3.8, 4) is 11.6 Å². The molecule has 1 aromatic carbocycles. The lowest BCUT2D eigenvalue weighted by molar-refractivity contribution is -0.123. The van der Waals surface area contributed by atoms with Gasteiger partial charge in [-0.3, -0.25) is 9.59 Å². The lowest BCUT2D eigenvalue weighted by atomic mass is 9.92. The lowest BCUT2D eigenvalue weighted by Crippen LogP contribution is -2.29. The zero-order valence-corrected chi connectivity index (χ0v) is 18.5. The zero-order chi connectivity index (χ0) is 21.9. The van der Waals surface area contributed by atoms with Crippen LogP contribution in [0.4, 0.5) is 5.69 Å². The van der Waals surface area contributed by atoms with Gasteiger partial charge in [0.1, 0.15) is 11.4 Å². The van der Waals surface area contributed by atoms with Gasteiger partial charge in [-0.25, -0.2) is 4.98 Å². The van der Waals surface area contributed by atoms with Crippen molar-refractivity contribution in [2.75, 3.05) is 19.5 Å². The van der Waals surface area contributed by atoms with Gasteiger partial charge in [-0.05, 0) is 49.6 Å². The topological polar surface area (TPSA) is 77.5 Å². The highest BCUT2D eigenvalue weighted by atomic mass is 16.5. The summed E-state index contributed by atoms with van der Waals surface area (Å²) in [7, 11) is 3.07. The summed E-state index contributed by atoms with van der Waals surface area (Å²) in [4.78, 5) is 30.8. The van der Waals surface area contributed by atoms with E-state index in [9.17, 15) is 9.59 Å². The molecule has 1 amide bonds. The SMILES string of the molecule is CCc1c(C)nc(OC)c(NC(=O)C(C)(C)C)c1C(=O)c1ccc(OC)c(C)c1. The van der Waals surface area contributed by atoms with Crippen molar-refractivity contribution in [1.82, 2.24) is 4.98 Å². The predicted molar refractivity (Wildman–Crippen MR) is 114 cm³/mol. The second-order valence-corrected chi connectivity index (χ2v) is 8.01. The number of amides is 1. The number of pyridine rings is 1. The lowest BCUT2D eigenvalue weighted by Gasteiger charge is -2.22. The van der Waals surface area contributed by atoms with E-state index in [1.165, 1.54) is 7.11 Å². The number of benzene rings is 1. The molecule has 2 rings (SSSR count). The van der Waals surface area contributed by atoms with Gasteiger partial charge in [-0.1, -0.05) is 27.7 Å². The molecule has 6 nitrogen and oxygen atoms in total. The van der Waals surface area contributed by atoms with Gasteiger partial charge >= 0.3 is 0 Å². The molecular weight excluding hydrogens is 368 g/mol. The molecule has 6 heteroatoms. The predicted octanol–water partition coefficient (Wildman–Crippen LogP) is 4.49. The second kappa shape index (κ2) is 8.64. The van der Waals surface area contributed by atoms with Gasteiger partial charge in [0, 0.05) is 16.7 Å². The van der Waals surface area contributed by atoms with Crippen molar-refractivity contribution in [1.29, 1.82) is 0 Å². The van der Waals surface area contributed by atoms with Crippen LogP contribution in [0.2, 0.25) is 0 Å². The molecule has 2 aromatic rings. The number of ketones is 1. The Morgan fingerprint density at radius 1 is 1.10 bits per heavy atom. The van der Waals surface area contributed by atoms with Gasteiger partial charge in [-0.15, -0.1) is 0 Å². The number of methoxy groups -OCH3 is 2. The molecule has 1 heterocycles. The maximum atomic E-state index is 13.6. The van der Waals surface area contributed by atoms with Gasteiger partial charge in [0.15, 0.2) is 5.78 Å². The number of carbonyl (C=O) groups is 2. The third-order valence-electron chi connectivity index (χ3n) is 4.82. The Hall–Kier alpha value is -2.89. The average molecular weight is 399 g/mol. The first-order chi connectivity index (χ1) is 13.5. The minimum atomic E-state index is -0.640. The fourth-order valence-electron chi connectivity index (χ4n) is 3.13. The third-order valence-corrected chi connectivity index (χ3v) is 4.82. The van der Waals surface area contributed by atoms with E-state index >= 15 is 0 Å². The Labute approximate surface area is 172 Å². The summed E-state index contributed by atoms with van der Waals surface area (Å²) in [6.07, 6.45) is 0.595. The van der Waals surface area contributed by atoms with E-state index in [2.05, 4.69) is 10.3 Å². The first-order valence-electron chi connectivity index (χ1n) is 9.63. The van der Waals surface area contributed by atoms with Gasteiger partial charge in [0.2, 0.25) is 11.8 Å². The monoisotopic (exact) mass is 398 g/mol. The van der Waals surface area contributed by atoms with Crippen LogP contribution in [0.5, 0.6) is 11.6 Å². The van der Waals surface area contributed by atoms with E-state index in [4.69, 9.17) is 9.47 Å². The number of aromatic nitrogens is 1. The minimum absolute atomic E-state index is 0.194. The van der Waals surface area contributed by atoms with Crippen LogP contribution in [-0.2, 0) is 11.2 Å². The highest BCUT2D eigenvalue weighted by molar-refractivity contribution is 6.16. The van der Waals surface area contributed by atoms with Crippen molar-refractivity contribution in [3.05, 3.63) is 46.1 Å². The highest BCUT2D eigenvalue weighted by Crippen LogP contribution is 2.35. The molecule has 1 N–H and O–H groups in total. The van der Waals surface area contributed by atoms with E-state index in [1.54, 1.807) is 25.3 Å². The normalized spacial score (nSPS) is 11.2. The first kappa shape index (κ1) is 22.4. The van der Waals surface area contributed by atoms with Gasteiger partial charge in [-0.2, -0.15) is 0 Å². The molecule has 0 radical (unpaired) electrons. The molecule has 0 aliphatic rings. The summed E-state index contributed by atoms with van der Waals surface area (Å²) in [6.45, 7) is 11.1. The highest BCUT2D eigenvalue weighted by Gasteiger charge is 2.29. The molecule has 0 atom stereocenters. The molecule has 0 spiro atoms. The number of anilines is 1. The Morgan fingerprint density at radius 2 is 1.76 bits per heavy atom. The van der Waals surface area contributed by atoms with Crippen LogP contribution in [0, 0.1) is 19.3 Å². The molecule has 0 aliphatic carbocycles. The fourth-order valence-corrected chi connectivity index (χ4v) is 3.13. The fraction of sp³-hybridized carbons (Fsp3) is 0.435. The summed E-state index contributed by atoms with van der Waals surface area (Å²) in [5, 5.41) is 2.89. The molecule has 0 saturated heterocycles. The van der Waals surface area contributed by atoms with Crippen LogP contribution < -0.4 is 14.8 Å². The van der Waals surface area contributed by atoms with E-state index in [-0.39, 0.29) is 17.6 Å². The van der Waals surface area contributed by atoms with Crippen molar-refractivity contribution in [2.24, 2.45) is 5.41 Å². The second-order valence-electron chi connectivity index (χ2n) is 8.01. The molecule has 156 valence electrons. The summed E-state index contributed by atoms with van der Waals surface area (Å²) in [5.74, 6) is 0.525. The molecule has 0 unspecified atom stereocenters. The smallest absolute Gasteiger partial charge is 0.238 e. The molecule has 0 aliphatic heterocycles. The van der Waals surface area contributed by atoms with Crippen molar-refractivity contribution in [3.63, 3.8) is 0 Å². The van der Waals surface area contributed by atoms with E-state index in [0.717, 1.165) is 11.1 Å². The molecule has 0 fully saturated rings. The van der Waals surface area contributed by atoms with Crippen molar-refractivity contribution < 1.29 is 19.1 Å². The Bertz CT molecular complexity index is 943. The number of carbonyl (C=O) groups excluding carboxylic acids is 2. The van der Waals surface area contributed by atoms with Gasteiger partial charge in [0.05, 0.1) is 19.8 Å². The number of hydrogen-bond acceptors (Lipinski definition) is 5. The zero-order valence-electron chi connectivity index (χ0n) is 18.5. The summed E-state index contributed by atoms with van der Waals surface area (Å²) in [6, 6.07) is 5.29. The number of aryl methyl sites for hydroxylation is 2. The average Bonchev–Trinajstić information content (AvgIpc) is 2.66. The van der Waals surface area contributed by atoms with Crippen molar-refractivity contribution >= 4 is 17.4 Å². The summed E-state index contributed by atoms with van der Waals surface area (Å²) >= 11 is 0. The third kappa shape index (κ3) is 4.58. The van der Waals surface area contributed by atoms with Gasteiger partial charge < -0.3 is 14.8 Å². The largest absolute Gasteiger partial charge is 0.496 e. The van der Waals surface area contributed by atoms with E-state index in [1.807, 2.05) is 41.5 Å². The molecule has 0 saturated carbocycles. The number of nitrogens with zero attached hydrogens (tertiary/aromatic N) is 1. The maximum Gasteiger partial charge on any atom is 0.238 e. The Kier molecular flexibility index (Phi) is 6.67. The molecule has 1 aromatic heterocycles. The van der Waals surface area contributed by atoms with Crippen LogP contribution in [0.3, 0.4) is 0 Å². The number of ether oxygens (including phenoxy) is 2. The van der Waals surface area contributed by atoms with Crippen LogP contribution in [0.15, 0.2) is 18.2 Å². The maximum absolute atomic E-state index is 13.6. The molecule has 0 bridgehead atoms.